The minimum absolute atomic E-state index is 0.0106. The van der Waals surface area contributed by atoms with Crippen molar-refractivity contribution in [3.05, 3.63) is 16.0 Å². The fourth-order valence-corrected chi connectivity index (χ4v) is 5.12. The maximum Gasteiger partial charge on any atom is 0.341 e. The van der Waals surface area contributed by atoms with E-state index in [4.69, 9.17) is 4.74 Å². The molecule has 1 saturated heterocycles. The van der Waals surface area contributed by atoms with Crippen LogP contribution in [-0.2, 0) is 22.5 Å². The molecular formula is C16H21N3O4S2. The highest BCUT2D eigenvalue weighted by Crippen LogP contribution is 2.38. The minimum Gasteiger partial charge on any atom is -0.462 e. The fraction of sp³-hybridized carbons (Fsp3) is 0.562. The fourth-order valence-electron chi connectivity index (χ4n) is 2.93. The topological polar surface area (TPSA) is 79.0 Å². The number of fused-ring (bicyclic) bond motifs is 1. The molecule has 25 heavy (non-hydrogen) atoms. The maximum atomic E-state index is 12.5. The number of thiophene rings is 1. The second-order valence-electron chi connectivity index (χ2n) is 5.85. The molecule has 0 saturated carbocycles. The molecule has 0 atom stereocenters. The Bertz CT molecular complexity index is 698. The predicted molar refractivity (Wildman–Crippen MR) is 98.1 cm³/mol. The van der Waals surface area contributed by atoms with E-state index in [9.17, 15) is 14.4 Å². The van der Waals surface area contributed by atoms with Gasteiger partial charge in [-0.25, -0.2) is 9.59 Å². The zero-order chi connectivity index (χ0) is 18.0. The van der Waals surface area contributed by atoms with Crippen molar-refractivity contribution in [1.29, 1.82) is 0 Å². The first-order valence-electron chi connectivity index (χ1n) is 8.22. The van der Waals surface area contributed by atoms with Crippen molar-refractivity contribution in [3.63, 3.8) is 0 Å². The maximum absolute atomic E-state index is 12.5. The number of anilines is 1. The number of hydrogen-bond acceptors (Lipinski definition) is 6. The molecular weight excluding hydrogens is 362 g/mol. The van der Waals surface area contributed by atoms with E-state index < -0.39 is 5.97 Å². The van der Waals surface area contributed by atoms with Gasteiger partial charge in [-0.1, -0.05) is 0 Å². The van der Waals surface area contributed by atoms with Crippen molar-refractivity contribution in [2.75, 3.05) is 36.6 Å². The molecule has 1 aromatic heterocycles. The molecule has 1 fully saturated rings. The monoisotopic (exact) mass is 383 g/mol. The number of nitrogens with zero attached hydrogens (tertiary/aromatic N) is 2. The lowest BCUT2D eigenvalue weighted by Crippen LogP contribution is -2.34. The molecule has 7 nitrogen and oxygen atoms in total. The van der Waals surface area contributed by atoms with Crippen LogP contribution in [0.3, 0.4) is 0 Å². The average Bonchev–Trinajstić information content (AvgIpc) is 3.21. The molecule has 1 aromatic rings. The smallest absolute Gasteiger partial charge is 0.341 e. The summed E-state index contributed by atoms with van der Waals surface area (Å²) in [4.78, 5) is 40.9. The van der Waals surface area contributed by atoms with Crippen LogP contribution < -0.4 is 5.32 Å². The van der Waals surface area contributed by atoms with Gasteiger partial charge in [0.1, 0.15) is 5.00 Å². The van der Waals surface area contributed by atoms with Crippen molar-refractivity contribution in [2.24, 2.45) is 0 Å². The molecule has 1 N–H and O–H groups in total. The Morgan fingerprint density at radius 3 is 2.68 bits per heavy atom. The summed E-state index contributed by atoms with van der Waals surface area (Å²) in [6, 6.07) is -0.197. The Balaban J connectivity index is 1.89. The van der Waals surface area contributed by atoms with Gasteiger partial charge in [0, 0.05) is 30.6 Å². The van der Waals surface area contributed by atoms with Crippen LogP contribution in [0.4, 0.5) is 9.80 Å². The van der Waals surface area contributed by atoms with Crippen molar-refractivity contribution < 1.29 is 19.1 Å². The van der Waals surface area contributed by atoms with Gasteiger partial charge in [-0.15, -0.1) is 23.1 Å². The number of hydrogen-bond donors (Lipinski definition) is 1. The van der Waals surface area contributed by atoms with E-state index in [0.717, 1.165) is 16.2 Å². The Hall–Kier alpha value is -1.74. The number of ether oxygens (including phenoxy) is 1. The molecule has 2 aliphatic heterocycles. The van der Waals surface area contributed by atoms with Crippen LogP contribution in [0, 0.1) is 0 Å². The largest absolute Gasteiger partial charge is 0.462 e. The van der Waals surface area contributed by atoms with E-state index in [1.165, 1.54) is 11.3 Å². The number of amides is 3. The van der Waals surface area contributed by atoms with Gasteiger partial charge in [0.05, 0.1) is 24.6 Å². The average molecular weight is 383 g/mol. The number of urea groups is 1. The van der Waals surface area contributed by atoms with Crippen LogP contribution in [-0.4, -0.2) is 59.0 Å². The van der Waals surface area contributed by atoms with Crippen LogP contribution in [0.15, 0.2) is 0 Å². The molecule has 0 spiro atoms. The summed E-state index contributed by atoms with van der Waals surface area (Å²) >= 11 is 3.07. The molecule has 9 heteroatoms. The second-order valence-corrected chi connectivity index (χ2v) is 8.03. The third-order valence-electron chi connectivity index (χ3n) is 4.24. The summed E-state index contributed by atoms with van der Waals surface area (Å²) in [6.45, 7) is 5.32. The Morgan fingerprint density at radius 1 is 1.24 bits per heavy atom. The van der Waals surface area contributed by atoms with Crippen molar-refractivity contribution >= 4 is 46.0 Å². The normalized spacial score (nSPS) is 16.6. The van der Waals surface area contributed by atoms with Crippen LogP contribution >= 0.6 is 23.1 Å². The third-order valence-corrected chi connectivity index (χ3v) is 6.34. The van der Waals surface area contributed by atoms with Gasteiger partial charge >= 0.3 is 12.0 Å². The number of carbonyl (C=O) groups is 3. The summed E-state index contributed by atoms with van der Waals surface area (Å²) in [5.74, 6) is 1.18. The van der Waals surface area contributed by atoms with Gasteiger partial charge in [-0.3, -0.25) is 10.1 Å². The highest BCUT2D eigenvalue weighted by molar-refractivity contribution is 7.99. The zero-order valence-electron chi connectivity index (χ0n) is 14.3. The van der Waals surface area contributed by atoms with Crippen molar-refractivity contribution in [1.82, 2.24) is 9.80 Å². The summed E-state index contributed by atoms with van der Waals surface area (Å²) in [5.41, 5.74) is 1.34. The summed E-state index contributed by atoms with van der Waals surface area (Å²) in [7, 11) is 0. The second kappa shape index (κ2) is 7.65. The first-order valence-corrected chi connectivity index (χ1v) is 10.2. The molecule has 2 aliphatic rings. The van der Waals surface area contributed by atoms with Crippen molar-refractivity contribution in [3.8, 4) is 0 Å². The lowest BCUT2D eigenvalue weighted by Gasteiger charge is -2.25. The van der Waals surface area contributed by atoms with Crippen LogP contribution in [0.1, 0.15) is 34.6 Å². The Morgan fingerprint density at radius 2 is 2.04 bits per heavy atom. The molecule has 0 aromatic carbocycles. The predicted octanol–water partition coefficient (Wildman–Crippen LogP) is 2.37. The van der Waals surface area contributed by atoms with E-state index in [-0.39, 0.29) is 18.5 Å². The first-order chi connectivity index (χ1) is 12.0. The zero-order valence-corrected chi connectivity index (χ0v) is 15.9. The Kier molecular flexibility index (Phi) is 5.53. The number of thioether (sulfide) groups is 1. The summed E-state index contributed by atoms with van der Waals surface area (Å²) in [6.07, 6.45) is 0.592. The molecule has 0 unspecified atom stereocenters. The summed E-state index contributed by atoms with van der Waals surface area (Å²) in [5, 5.41) is 3.40. The van der Waals surface area contributed by atoms with Crippen LogP contribution in [0.25, 0.3) is 0 Å². The van der Waals surface area contributed by atoms with E-state index in [1.54, 1.807) is 35.4 Å². The van der Waals surface area contributed by atoms with Crippen LogP contribution in [0.5, 0.6) is 0 Å². The number of esters is 1. The molecule has 0 radical (unpaired) electrons. The van der Waals surface area contributed by atoms with Gasteiger partial charge in [-0.05, 0) is 18.9 Å². The van der Waals surface area contributed by atoms with Crippen LogP contribution in [0.2, 0.25) is 0 Å². The Labute approximate surface area is 154 Å². The first kappa shape index (κ1) is 18.1. The van der Waals surface area contributed by atoms with Gasteiger partial charge in [0.15, 0.2) is 0 Å². The van der Waals surface area contributed by atoms with Gasteiger partial charge < -0.3 is 14.5 Å². The standard InChI is InChI=1S/C16H21N3O4S2/c1-3-23-15(21)13-11-4-5-18(10(2)20)8-12(11)25-14(13)17-16(22)19-6-7-24-9-19/h3-9H2,1-2H3,(H,17,22). The molecule has 3 heterocycles. The quantitative estimate of drug-likeness (QED) is 0.811. The lowest BCUT2D eigenvalue weighted by atomic mass is 10.0. The van der Waals surface area contributed by atoms with E-state index in [1.807, 2.05) is 0 Å². The van der Waals surface area contributed by atoms with Gasteiger partial charge in [0.25, 0.3) is 0 Å². The minimum atomic E-state index is -0.414. The van der Waals surface area contributed by atoms with E-state index in [2.05, 4.69) is 5.32 Å². The molecule has 136 valence electrons. The summed E-state index contributed by atoms with van der Waals surface area (Å²) < 4.78 is 5.19. The third kappa shape index (κ3) is 3.77. The lowest BCUT2D eigenvalue weighted by molar-refractivity contribution is -0.129. The van der Waals surface area contributed by atoms with E-state index >= 15 is 0 Å². The SMILES string of the molecule is CCOC(=O)c1c(NC(=O)N2CCSC2)sc2c1CCN(C(C)=O)C2. The highest BCUT2D eigenvalue weighted by atomic mass is 32.2. The van der Waals surface area contributed by atoms with Crippen molar-refractivity contribution in [2.45, 2.75) is 26.8 Å². The van der Waals surface area contributed by atoms with E-state index in [0.29, 0.717) is 42.5 Å². The van der Waals surface area contributed by atoms with Gasteiger partial charge in [0.2, 0.25) is 5.91 Å². The number of nitrogens with one attached hydrogen (secondary N) is 1. The number of rotatable bonds is 3. The molecule has 3 amide bonds. The molecule has 0 bridgehead atoms. The molecule has 0 aliphatic carbocycles. The highest BCUT2D eigenvalue weighted by Gasteiger charge is 2.31. The molecule has 3 rings (SSSR count). The van der Waals surface area contributed by atoms with Gasteiger partial charge in [-0.2, -0.15) is 0 Å². The number of carbonyl (C=O) groups excluding carboxylic acids is 3.